The van der Waals surface area contributed by atoms with E-state index in [2.05, 4.69) is 0 Å². The lowest BCUT2D eigenvalue weighted by Gasteiger charge is -2.00. The van der Waals surface area contributed by atoms with Crippen molar-refractivity contribution in [1.29, 1.82) is 0 Å². The van der Waals surface area contributed by atoms with Crippen molar-refractivity contribution in [2.75, 3.05) is 19.0 Å². The van der Waals surface area contributed by atoms with Crippen LogP contribution in [0.4, 0.5) is 0 Å². The van der Waals surface area contributed by atoms with Gasteiger partial charge in [0, 0.05) is 6.61 Å². The van der Waals surface area contributed by atoms with Gasteiger partial charge < -0.3 is 4.74 Å². The molecule has 0 fully saturated rings. The molecular formula is C6H15NO3S. The maximum Gasteiger partial charge on any atom is 0.211 e. The summed E-state index contributed by atoms with van der Waals surface area (Å²) < 4.78 is 25.7. The zero-order valence-corrected chi connectivity index (χ0v) is 7.56. The van der Waals surface area contributed by atoms with E-state index in [9.17, 15) is 8.42 Å². The predicted octanol–water partition coefficient (Wildman–Crippen LogP) is 0.0916. The molecule has 0 aliphatic carbocycles. The second-order valence-corrected chi connectivity index (χ2v) is 4.07. The molecule has 0 rings (SSSR count). The maximum atomic E-state index is 10.4. The van der Waals surface area contributed by atoms with Crippen LogP contribution in [-0.2, 0) is 14.8 Å². The van der Waals surface area contributed by atoms with Crippen LogP contribution in [0, 0.1) is 0 Å². The van der Waals surface area contributed by atoms with Crippen molar-refractivity contribution in [2.24, 2.45) is 5.14 Å². The lowest BCUT2D eigenvalue weighted by molar-refractivity contribution is 0.146. The summed E-state index contributed by atoms with van der Waals surface area (Å²) in [6.07, 6.45) is 2.01. The minimum Gasteiger partial charge on any atom is -0.380 e. The van der Waals surface area contributed by atoms with Gasteiger partial charge in [-0.2, -0.15) is 0 Å². The smallest absolute Gasteiger partial charge is 0.211 e. The normalized spacial score (nSPS) is 11.8. The van der Waals surface area contributed by atoms with E-state index in [4.69, 9.17) is 9.88 Å². The second-order valence-electron chi connectivity index (χ2n) is 2.33. The summed E-state index contributed by atoms with van der Waals surface area (Å²) in [5.41, 5.74) is 0. The second kappa shape index (κ2) is 5.51. The molecule has 0 saturated carbocycles. The first kappa shape index (κ1) is 10.9. The van der Waals surface area contributed by atoms with Crippen LogP contribution >= 0.6 is 0 Å². The first-order valence-electron chi connectivity index (χ1n) is 3.64. The summed E-state index contributed by atoms with van der Waals surface area (Å²) in [6, 6.07) is 0. The van der Waals surface area contributed by atoms with Crippen molar-refractivity contribution < 1.29 is 13.2 Å². The Labute approximate surface area is 67.8 Å². The molecule has 11 heavy (non-hydrogen) atoms. The van der Waals surface area contributed by atoms with Crippen LogP contribution in [0.2, 0.25) is 0 Å². The highest BCUT2D eigenvalue weighted by Gasteiger charge is 2.00. The lowest BCUT2D eigenvalue weighted by atomic mass is 10.4. The van der Waals surface area contributed by atoms with Gasteiger partial charge in [-0.05, 0) is 6.42 Å². The van der Waals surface area contributed by atoms with Crippen molar-refractivity contribution in [3.63, 3.8) is 0 Å². The molecule has 5 heteroatoms. The van der Waals surface area contributed by atoms with Gasteiger partial charge in [-0.1, -0.05) is 13.3 Å². The fraction of sp³-hybridized carbons (Fsp3) is 1.00. The third kappa shape index (κ3) is 9.87. The van der Waals surface area contributed by atoms with E-state index in [0.29, 0.717) is 6.61 Å². The van der Waals surface area contributed by atoms with Gasteiger partial charge in [-0.3, -0.25) is 0 Å². The zero-order valence-electron chi connectivity index (χ0n) is 6.75. The zero-order chi connectivity index (χ0) is 8.74. The third-order valence-electron chi connectivity index (χ3n) is 1.15. The summed E-state index contributed by atoms with van der Waals surface area (Å²) in [5, 5.41) is 4.74. The van der Waals surface area contributed by atoms with E-state index >= 15 is 0 Å². The lowest BCUT2D eigenvalue weighted by Crippen LogP contribution is -2.20. The first-order valence-corrected chi connectivity index (χ1v) is 5.36. The van der Waals surface area contributed by atoms with Crippen molar-refractivity contribution in [2.45, 2.75) is 19.8 Å². The fourth-order valence-corrected chi connectivity index (χ4v) is 0.874. The largest absolute Gasteiger partial charge is 0.380 e. The Hall–Kier alpha value is -0.130. The van der Waals surface area contributed by atoms with Crippen LogP contribution in [0.3, 0.4) is 0 Å². The molecule has 4 nitrogen and oxygen atoms in total. The number of hydrogen-bond donors (Lipinski definition) is 1. The van der Waals surface area contributed by atoms with Gasteiger partial charge in [-0.15, -0.1) is 0 Å². The summed E-state index contributed by atoms with van der Waals surface area (Å²) in [4.78, 5) is 0. The molecule has 0 heterocycles. The van der Waals surface area contributed by atoms with Crippen molar-refractivity contribution >= 4 is 10.0 Å². The van der Waals surface area contributed by atoms with Gasteiger partial charge in [0.1, 0.15) is 0 Å². The number of nitrogens with two attached hydrogens (primary N) is 1. The molecule has 0 spiro atoms. The van der Waals surface area contributed by atoms with Gasteiger partial charge in [0.15, 0.2) is 0 Å². The van der Waals surface area contributed by atoms with E-state index in [1.54, 1.807) is 0 Å². The van der Waals surface area contributed by atoms with Gasteiger partial charge in [-0.25, -0.2) is 13.6 Å². The molecular weight excluding hydrogens is 166 g/mol. The number of ether oxygens (including phenoxy) is 1. The molecule has 2 N–H and O–H groups in total. The van der Waals surface area contributed by atoms with E-state index in [0.717, 1.165) is 12.8 Å². The minimum absolute atomic E-state index is 0.0866. The average Bonchev–Trinajstić information content (AvgIpc) is 1.85. The van der Waals surface area contributed by atoms with Crippen LogP contribution in [0.1, 0.15) is 19.8 Å². The molecule has 0 aromatic heterocycles. The molecule has 68 valence electrons. The molecule has 0 amide bonds. The maximum absolute atomic E-state index is 10.4. The highest BCUT2D eigenvalue weighted by molar-refractivity contribution is 7.89. The number of hydrogen-bond acceptors (Lipinski definition) is 3. The number of unbranched alkanes of at least 4 members (excludes halogenated alkanes) is 1. The molecule has 0 saturated heterocycles. The van der Waals surface area contributed by atoms with Gasteiger partial charge in [0.2, 0.25) is 10.0 Å². The molecule has 0 atom stereocenters. The Balaban J connectivity index is 3.16. The van der Waals surface area contributed by atoms with Crippen LogP contribution in [0.5, 0.6) is 0 Å². The van der Waals surface area contributed by atoms with Crippen LogP contribution in [0.15, 0.2) is 0 Å². The number of rotatable bonds is 6. The van der Waals surface area contributed by atoms with Crippen LogP contribution < -0.4 is 5.14 Å². The summed E-state index contributed by atoms with van der Waals surface area (Å²) in [7, 11) is -3.34. The Kier molecular flexibility index (Phi) is 5.45. The van der Waals surface area contributed by atoms with Crippen molar-refractivity contribution in [3.8, 4) is 0 Å². The quantitative estimate of drug-likeness (QED) is 0.590. The molecule has 0 aliphatic rings. The van der Waals surface area contributed by atoms with Crippen LogP contribution in [0.25, 0.3) is 0 Å². The van der Waals surface area contributed by atoms with E-state index < -0.39 is 10.0 Å². The fourth-order valence-electron chi connectivity index (χ4n) is 0.524. The topological polar surface area (TPSA) is 69.4 Å². The third-order valence-corrected chi connectivity index (χ3v) is 1.89. The molecule has 0 unspecified atom stereocenters. The van der Waals surface area contributed by atoms with E-state index in [-0.39, 0.29) is 12.4 Å². The van der Waals surface area contributed by atoms with Crippen molar-refractivity contribution in [3.05, 3.63) is 0 Å². The SMILES string of the molecule is CCCCOCCS(N)(=O)=O. The highest BCUT2D eigenvalue weighted by Crippen LogP contribution is 1.88. The molecule has 0 aromatic rings. The highest BCUT2D eigenvalue weighted by atomic mass is 32.2. The Morgan fingerprint density at radius 3 is 2.45 bits per heavy atom. The van der Waals surface area contributed by atoms with E-state index in [1.165, 1.54) is 0 Å². The average molecular weight is 181 g/mol. The van der Waals surface area contributed by atoms with Crippen LogP contribution in [-0.4, -0.2) is 27.4 Å². The molecule has 0 bridgehead atoms. The van der Waals surface area contributed by atoms with Crippen molar-refractivity contribution in [1.82, 2.24) is 0 Å². The molecule has 0 aliphatic heterocycles. The standard InChI is InChI=1S/C6H15NO3S/c1-2-3-4-10-5-6-11(7,8)9/h2-6H2,1H3,(H2,7,8,9). The Morgan fingerprint density at radius 2 is 2.00 bits per heavy atom. The summed E-state index contributed by atoms with van der Waals surface area (Å²) in [5.74, 6) is -0.0866. The molecule has 0 radical (unpaired) electrons. The summed E-state index contributed by atoms with van der Waals surface area (Å²) >= 11 is 0. The Bertz CT molecular complexity index is 176. The first-order chi connectivity index (χ1) is 5.06. The number of primary sulfonamides is 1. The predicted molar refractivity (Wildman–Crippen MR) is 43.7 cm³/mol. The van der Waals surface area contributed by atoms with Gasteiger partial charge >= 0.3 is 0 Å². The monoisotopic (exact) mass is 181 g/mol. The molecule has 0 aromatic carbocycles. The minimum atomic E-state index is -3.34. The number of sulfonamides is 1. The Morgan fingerprint density at radius 1 is 1.36 bits per heavy atom. The van der Waals surface area contributed by atoms with E-state index in [1.807, 2.05) is 6.92 Å². The van der Waals surface area contributed by atoms with Gasteiger partial charge in [0.25, 0.3) is 0 Å². The van der Waals surface area contributed by atoms with Gasteiger partial charge in [0.05, 0.1) is 12.4 Å². The summed E-state index contributed by atoms with van der Waals surface area (Å²) in [6.45, 7) is 2.87.